The molecule has 0 aliphatic carbocycles. The van der Waals surface area contributed by atoms with Gasteiger partial charge in [-0.1, -0.05) is 13.0 Å². The van der Waals surface area contributed by atoms with Crippen molar-refractivity contribution in [3.8, 4) is 0 Å². The van der Waals surface area contributed by atoms with Gasteiger partial charge in [0.05, 0.1) is 12.7 Å². The fourth-order valence-corrected chi connectivity index (χ4v) is 2.05. The van der Waals surface area contributed by atoms with Gasteiger partial charge in [-0.05, 0) is 33.1 Å². The van der Waals surface area contributed by atoms with Crippen molar-refractivity contribution in [3.63, 3.8) is 0 Å². The number of hydrogen-bond acceptors (Lipinski definition) is 4. The smallest absolute Gasteiger partial charge is 0.146 e. The Morgan fingerprint density at radius 3 is 2.44 bits per heavy atom. The quantitative estimate of drug-likeness (QED) is 0.540. The van der Waals surface area contributed by atoms with E-state index in [9.17, 15) is 5.11 Å². The lowest BCUT2D eigenvalue weighted by molar-refractivity contribution is -0.135. The molecule has 0 spiro atoms. The van der Waals surface area contributed by atoms with E-state index in [2.05, 4.69) is 28.7 Å². The average molecular weight is 344 g/mol. The summed E-state index contributed by atoms with van der Waals surface area (Å²) in [5.74, 6) is 0.109. The van der Waals surface area contributed by atoms with Crippen LogP contribution in [0.5, 0.6) is 0 Å². The highest BCUT2D eigenvalue weighted by Crippen LogP contribution is 2.18. The molecule has 3 atom stereocenters. The predicted octanol–water partition coefficient (Wildman–Crippen LogP) is 1.96. The molecule has 0 aromatic carbocycles. The third-order valence-electron chi connectivity index (χ3n) is 2.11. The third-order valence-corrected chi connectivity index (χ3v) is 2.47. The third kappa shape index (κ3) is 6.80. The lowest BCUT2D eigenvalue weighted by atomic mass is 9.99. The first-order chi connectivity index (χ1) is 7.52. The second-order valence-electron chi connectivity index (χ2n) is 3.67. The standard InChI is InChI=1S/C11H21IO4/c1-8(5-9(2)12)11(16-7-15-4)10(13)6-14-3/h5,8,10-11,13H,6-7H2,1-4H3/b9-5+/t8-,10+,11+/m1/s1. The molecule has 0 aliphatic heterocycles. The summed E-state index contributed by atoms with van der Waals surface area (Å²) in [5.41, 5.74) is 0. The zero-order valence-corrected chi connectivity index (χ0v) is 12.4. The minimum absolute atomic E-state index is 0.109. The zero-order valence-electron chi connectivity index (χ0n) is 10.3. The molecule has 96 valence electrons. The second-order valence-corrected chi connectivity index (χ2v) is 5.37. The van der Waals surface area contributed by atoms with Gasteiger partial charge in [0.2, 0.25) is 0 Å². The summed E-state index contributed by atoms with van der Waals surface area (Å²) in [4.78, 5) is 0. The summed E-state index contributed by atoms with van der Waals surface area (Å²) in [6.07, 6.45) is 1.09. The van der Waals surface area contributed by atoms with Crippen molar-refractivity contribution in [1.29, 1.82) is 0 Å². The van der Waals surface area contributed by atoms with Gasteiger partial charge in [0, 0.05) is 20.1 Å². The van der Waals surface area contributed by atoms with Crippen molar-refractivity contribution in [1.82, 2.24) is 0 Å². The van der Waals surface area contributed by atoms with Crippen LogP contribution in [0, 0.1) is 5.92 Å². The first-order valence-corrected chi connectivity index (χ1v) is 6.22. The SMILES string of the molecule is COCO[C@@H]([C@H](C)/C=C(\C)I)[C@@H](O)COC. The molecule has 0 saturated carbocycles. The van der Waals surface area contributed by atoms with E-state index in [0.29, 0.717) is 0 Å². The average Bonchev–Trinajstić information content (AvgIpc) is 2.17. The van der Waals surface area contributed by atoms with Crippen LogP contribution in [0.2, 0.25) is 0 Å². The lowest BCUT2D eigenvalue weighted by Gasteiger charge is -2.26. The van der Waals surface area contributed by atoms with E-state index >= 15 is 0 Å². The number of halogens is 1. The van der Waals surface area contributed by atoms with Crippen molar-refractivity contribution in [2.24, 2.45) is 5.92 Å². The van der Waals surface area contributed by atoms with Crippen LogP contribution in [0.1, 0.15) is 13.8 Å². The van der Waals surface area contributed by atoms with Gasteiger partial charge in [0.15, 0.2) is 0 Å². The van der Waals surface area contributed by atoms with Crippen LogP contribution >= 0.6 is 22.6 Å². The molecular weight excluding hydrogens is 323 g/mol. The van der Waals surface area contributed by atoms with Gasteiger partial charge in [-0.2, -0.15) is 0 Å². The molecule has 0 saturated heterocycles. The molecule has 0 rings (SSSR count). The Bertz CT molecular complexity index is 204. The fraction of sp³-hybridized carbons (Fsp3) is 0.818. The molecular formula is C11H21IO4. The van der Waals surface area contributed by atoms with Crippen LogP contribution in [0.25, 0.3) is 0 Å². The monoisotopic (exact) mass is 344 g/mol. The Hall–Kier alpha value is 0.310. The maximum Gasteiger partial charge on any atom is 0.146 e. The number of aliphatic hydroxyl groups excluding tert-OH is 1. The Morgan fingerprint density at radius 2 is 2.00 bits per heavy atom. The molecule has 1 N–H and O–H groups in total. The van der Waals surface area contributed by atoms with Crippen molar-refractivity contribution in [3.05, 3.63) is 9.66 Å². The van der Waals surface area contributed by atoms with Crippen molar-refractivity contribution in [2.45, 2.75) is 26.1 Å². The van der Waals surface area contributed by atoms with Crippen LogP contribution < -0.4 is 0 Å². The molecule has 0 aromatic rings. The minimum atomic E-state index is -0.651. The maximum absolute atomic E-state index is 9.88. The van der Waals surface area contributed by atoms with E-state index in [0.717, 1.165) is 0 Å². The summed E-state index contributed by atoms with van der Waals surface area (Å²) < 4.78 is 16.4. The summed E-state index contributed by atoms with van der Waals surface area (Å²) in [5, 5.41) is 9.88. The van der Waals surface area contributed by atoms with E-state index in [-0.39, 0.29) is 25.4 Å². The molecule has 0 aromatic heterocycles. The molecule has 5 heteroatoms. The number of rotatable bonds is 8. The van der Waals surface area contributed by atoms with Crippen LogP contribution in [0.15, 0.2) is 9.66 Å². The van der Waals surface area contributed by atoms with E-state index in [4.69, 9.17) is 14.2 Å². The minimum Gasteiger partial charge on any atom is -0.388 e. The van der Waals surface area contributed by atoms with Gasteiger partial charge in [-0.25, -0.2) is 0 Å². The fourth-order valence-electron chi connectivity index (χ4n) is 1.48. The highest BCUT2D eigenvalue weighted by Gasteiger charge is 2.25. The van der Waals surface area contributed by atoms with Crippen molar-refractivity contribution >= 4 is 22.6 Å². The van der Waals surface area contributed by atoms with Crippen molar-refractivity contribution < 1.29 is 19.3 Å². The number of aliphatic hydroxyl groups is 1. The first-order valence-electron chi connectivity index (χ1n) is 5.14. The van der Waals surface area contributed by atoms with Gasteiger partial charge in [0.25, 0.3) is 0 Å². The van der Waals surface area contributed by atoms with Crippen LogP contribution in [0.4, 0.5) is 0 Å². The van der Waals surface area contributed by atoms with Crippen LogP contribution in [-0.2, 0) is 14.2 Å². The highest BCUT2D eigenvalue weighted by atomic mass is 127. The highest BCUT2D eigenvalue weighted by molar-refractivity contribution is 14.1. The Labute approximate surface area is 111 Å². The van der Waals surface area contributed by atoms with Crippen molar-refractivity contribution in [2.75, 3.05) is 27.6 Å². The van der Waals surface area contributed by atoms with E-state index in [1.165, 1.54) is 3.58 Å². The molecule has 4 nitrogen and oxygen atoms in total. The Balaban J connectivity index is 4.45. The number of allylic oxidation sites excluding steroid dienone is 1. The van der Waals surface area contributed by atoms with Gasteiger partial charge in [-0.15, -0.1) is 0 Å². The summed E-state index contributed by atoms with van der Waals surface area (Å²) in [7, 11) is 3.12. The molecule has 0 bridgehead atoms. The van der Waals surface area contributed by atoms with Gasteiger partial charge >= 0.3 is 0 Å². The Kier molecular flexibility index (Phi) is 9.53. The van der Waals surface area contributed by atoms with Gasteiger partial charge in [-0.3, -0.25) is 0 Å². The number of ether oxygens (including phenoxy) is 3. The van der Waals surface area contributed by atoms with E-state index < -0.39 is 6.10 Å². The first kappa shape index (κ1) is 16.3. The van der Waals surface area contributed by atoms with Gasteiger partial charge < -0.3 is 19.3 Å². The maximum atomic E-state index is 9.88. The molecule has 16 heavy (non-hydrogen) atoms. The molecule has 0 fully saturated rings. The summed E-state index contributed by atoms with van der Waals surface area (Å²) in [6, 6.07) is 0. The van der Waals surface area contributed by atoms with Gasteiger partial charge in [0.1, 0.15) is 12.9 Å². The molecule has 0 aliphatic rings. The lowest BCUT2D eigenvalue weighted by Crippen LogP contribution is -2.37. The molecule has 0 unspecified atom stereocenters. The normalized spacial score (nSPS) is 18.2. The largest absolute Gasteiger partial charge is 0.388 e. The van der Waals surface area contributed by atoms with E-state index in [1.807, 2.05) is 13.8 Å². The summed E-state index contributed by atoms with van der Waals surface area (Å²) in [6.45, 7) is 4.44. The summed E-state index contributed by atoms with van der Waals surface area (Å²) >= 11 is 2.23. The molecule has 0 radical (unpaired) electrons. The Morgan fingerprint density at radius 1 is 1.38 bits per heavy atom. The second kappa shape index (κ2) is 9.35. The molecule has 0 heterocycles. The van der Waals surface area contributed by atoms with Crippen LogP contribution in [-0.4, -0.2) is 44.9 Å². The zero-order chi connectivity index (χ0) is 12.6. The predicted molar refractivity (Wildman–Crippen MR) is 71.6 cm³/mol. The van der Waals surface area contributed by atoms with Crippen LogP contribution in [0.3, 0.4) is 0 Å². The molecule has 0 amide bonds. The van der Waals surface area contributed by atoms with E-state index in [1.54, 1.807) is 14.2 Å². The number of methoxy groups -OCH3 is 2. The topological polar surface area (TPSA) is 47.9 Å². The number of hydrogen-bond donors (Lipinski definition) is 1.